The van der Waals surface area contributed by atoms with Crippen LogP contribution in [0.2, 0.25) is 0 Å². The molecule has 2 unspecified atom stereocenters. The van der Waals surface area contributed by atoms with Crippen LogP contribution in [0, 0.1) is 17.8 Å². The molecule has 1 rings (SSSR count). The average Bonchev–Trinajstić information content (AvgIpc) is 2.29. The number of hydrogen-bond donors (Lipinski definition) is 1. The van der Waals surface area contributed by atoms with Gasteiger partial charge in [0.1, 0.15) is 0 Å². The van der Waals surface area contributed by atoms with Gasteiger partial charge in [-0.1, -0.05) is 52.9 Å². The summed E-state index contributed by atoms with van der Waals surface area (Å²) >= 11 is 0. The number of hydrogen-bond acceptors (Lipinski definition) is 1. The maximum atomic E-state index is 3.55. The van der Waals surface area contributed by atoms with E-state index in [1.165, 1.54) is 51.6 Å². The quantitative estimate of drug-likeness (QED) is 0.658. The topological polar surface area (TPSA) is 12.0 Å². The minimum Gasteiger partial charge on any atom is -0.316 e. The molecule has 90 valence electrons. The third-order valence-corrected chi connectivity index (χ3v) is 4.18. The second-order valence-electron chi connectivity index (χ2n) is 5.44. The summed E-state index contributed by atoms with van der Waals surface area (Å²) in [6.07, 6.45) is 8.66. The van der Waals surface area contributed by atoms with E-state index in [1.807, 2.05) is 0 Å². The van der Waals surface area contributed by atoms with Crippen LogP contribution in [-0.4, -0.2) is 13.1 Å². The molecule has 0 bridgehead atoms. The van der Waals surface area contributed by atoms with Gasteiger partial charge in [-0.3, -0.25) is 0 Å². The zero-order valence-corrected chi connectivity index (χ0v) is 10.9. The summed E-state index contributed by atoms with van der Waals surface area (Å²) in [4.78, 5) is 0. The summed E-state index contributed by atoms with van der Waals surface area (Å²) in [5.74, 6) is 2.77. The highest BCUT2D eigenvalue weighted by Crippen LogP contribution is 2.33. The molecule has 1 saturated carbocycles. The van der Waals surface area contributed by atoms with Crippen molar-refractivity contribution in [3.8, 4) is 0 Å². The van der Waals surface area contributed by atoms with E-state index in [9.17, 15) is 0 Å². The first kappa shape index (κ1) is 13.0. The molecule has 0 aromatic heterocycles. The first-order valence-electron chi connectivity index (χ1n) is 6.96. The zero-order valence-electron chi connectivity index (χ0n) is 10.9. The van der Waals surface area contributed by atoms with E-state index in [4.69, 9.17) is 0 Å². The van der Waals surface area contributed by atoms with Gasteiger partial charge in [-0.2, -0.15) is 0 Å². The van der Waals surface area contributed by atoms with Gasteiger partial charge in [0.2, 0.25) is 0 Å². The first-order chi connectivity index (χ1) is 7.25. The second-order valence-corrected chi connectivity index (χ2v) is 5.44. The van der Waals surface area contributed by atoms with Gasteiger partial charge in [-0.25, -0.2) is 0 Å². The third kappa shape index (κ3) is 4.55. The van der Waals surface area contributed by atoms with Gasteiger partial charge < -0.3 is 5.32 Å². The molecule has 0 aromatic carbocycles. The molecule has 1 N–H and O–H groups in total. The SMILES string of the molecule is CCCNCC(C)C(C)C1CCCCC1. The second kappa shape index (κ2) is 7.27. The fourth-order valence-electron chi connectivity index (χ4n) is 2.82. The van der Waals surface area contributed by atoms with Gasteiger partial charge in [0.05, 0.1) is 0 Å². The minimum absolute atomic E-state index is 0.847. The average molecular weight is 211 g/mol. The number of rotatable bonds is 6. The fourth-order valence-corrected chi connectivity index (χ4v) is 2.82. The molecule has 1 heteroatoms. The molecule has 0 aliphatic heterocycles. The van der Waals surface area contributed by atoms with Gasteiger partial charge in [-0.05, 0) is 37.3 Å². The minimum atomic E-state index is 0.847. The molecule has 0 aromatic rings. The van der Waals surface area contributed by atoms with E-state index < -0.39 is 0 Å². The van der Waals surface area contributed by atoms with Crippen molar-refractivity contribution in [1.29, 1.82) is 0 Å². The molecule has 2 atom stereocenters. The van der Waals surface area contributed by atoms with Crippen molar-refractivity contribution >= 4 is 0 Å². The summed E-state index contributed by atoms with van der Waals surface area (Å²) in [5.41, 5.74) is 0. The Bertz CT molecular complexity index is 149. The Balaban J connectivity index is 2.21. The highest BCUT2D eigenvalue weighted by atomic mass is 14.8. The lowest BCUT2D eigenvalue weighted by atomic mass is 9.75. The van der Waals surface area contributed by atoms with E-state index in [0.717, 1.165) is 17.8 Å². The molecule has 0 heterocycles. The van der Waals surface area contributed by atoms with Crippen LogP contribution in [0.5, 0.6) is 0 Å². The Hall–Kier alpha value is -0.0400. The van der Waals surface area contributed by atoms with Gasteiger partial charge >= 0.3 is 0 Å². The lowest BCUT2D eigenvalue weighted by molar-refractivity contribution is 0.200. The first-order valence-corrected chi connectivity index (χ1v) is 6.96. The monoisotopic (exact) mass is 211 g/mol. The molecule has 1 fully saturated rings. The third-order valence-electron chi connectivity index (χ3n) is 4.18. The van der Waals surface area contributed by atoms with Crippen LogP contribution in [0.3, 0.4) is 0 Å². The summed E-state index contributed by atoms with van der Waals surface area (Å²) in [7, 11) is 0. The summed E-state index contributed by atoms with van der Waals surface area (Å²) in [5, 5.41) is 3.55. The lowest BCUT2D eigenvalue weighted by Gasteiger charge is -2.32. The maximum absolute atomic E-state index is 3.55. The van der Waals surface area contributed by atoms with E-state index in [-0.39, 0.29) is 0 Å². The molecule has 0 saturated heterocycles. The predicted octanol–water partition coefficient (Wildman–Crippen LogP) is 3.84. The van der Waals surface area contributed by atoms with Crippen LogP contribution in [0.25, 0.3) is 0 Å². The van der Waals surface area contributed by atoms with Crippen molar-refractivity contribution in [1.82, 2.24) is 5.32 Å². The van der Waals surface area contributed by atoms with Crippen molar-refractivity contribution in [3.63, 3.8) is 0 Å². The standard InChI is InChI=1S/C14H29N/c1-4-10-15-11-12(2)13(3)14-8-6-5-7-9-14/h12-15H,4-11H2,1-3H3. The van der Waals surface area contributed by atoms with Crippen LogP contribution in [0.4, 0.5) is 0 Å². The smallest absolute Gasteiger partial charge is 0.00205 e. The Morgan fingerprint density at radius 3 is 2.40 bits per heavy atom. The van der Waals surface area contributed by atoms with Gasteiger partial charge in [-0.15, -0.1) is 0 Å². The van der Waals surface area contributed by atoms with Crippen LogP contribution in [0.1, 0.15) is 59.3 Å². The van der Waals surface area contributed by atoms with E-state index in [2.05, 4.69) is 26.1 Å². The highest BCUT2D eigenvalue weighted by molar-refractivity contribution is 4.75. The molecule has 1 nitrogen and oxygen atoms in total. The summed E-state index contributed by atoms with van der Waals surface area (Å²) in [6, 6.07) is 0. The van der Waals surface area contributed by atoms with Crippen LogP contribution < -0.4 is 5.32 Å². The van der Waals surface area contributed by atoms with Crippen molar-refractivity contribution < 1.29 is 0 Å². The lowest BCUT2D eigenvalue weighted by Crippen LogP contribution is -2.30. The van der Waals surface area contributed by atoms with Crippen molar-refractivity contribution in [2.45, 2.75) is 59.3 Å². The van der Waals surface area contributed by atoms with Crippen molar-refractivity contribution in [2.24, 2.45) is 17.8 Å². The normalized spacial score (nSPS) is 22.6. The molecule has 0 spiro atoms. The van der Waals surface area contributed by atoms with Crippen LogP contribution >= 0.6 is 0 Å². The largest absolute Gasteiger partial charge is 0.316 e. The van der Waals surface area contributed by atoms with Gasteiger partial charge in [0, 0.05) is 0 Å². The van der Waals surface area contributed by atoms with E-state index in [0.29, 0.717) is 0 Å². The Morgan fingerprint density at radius 1 is 1.13 bits per heavy atom. The summed E-state index contributed by atoms with van der Waals surface area (Å²) < 4.78 is 0. The van der Waals surface area contributed by atoms with Crippen LogP contribution in [-0.2, 0) is 0 Å². The maximum Gasteiger partial charge on any atom is -0.00205 e. The molecular weight excluding hydrogens is 182 g/mol. The summed E-state index contributed by atoms with van der Waals surface area (Å²) in [6.45, 7) is 9.52. The molecule has 15 heavy (non-hydrogen) atoms. The zero-order chi connectivity index (χ0) is 11.1. The van der Waals surface area contributed by atoms with E-state index in [1.54, 1.807) is 0 Å². The van der Waals surface area contributed by atoms with Gasteiger partial charge in [0.25, 0.3) is 0 Å². The Labute approximate surface area is 96.0 Å². The van der Waals surface area contributed by atoms with Crippen molar-refractivity contribution in [2.75, 3.05) is 13.1 Å². The number of nitrogens with one attached hydrogen (secondary N) is 1. The van der Waals surface area contributed by atoms with Crippen LogP contribution in [0.15, 0.2) is 0 Å². The Morgan fingerprint density at radius 2 is 1.80 bits per heavy atom. The molecule has 0 amide bonds. The molecular formula is C14H29N. The molecule has 1 aliphatic carbocycles. The molecule has 0 radical (unpaired) electrons. The fraction of sp³-hybridized carbons (Fsp3) is 1.00. The van der Waals surface area contributed by atoms with E-state index >= 15 is 0 Å². The van der Waals surface area contributed by atoms with Gasteiger partial charge in [0.15, 0.2) is 0 Å². The molecule has 1 aliphatic rings. The predicted molar refractivity (Wildman–Crippen MR) is 68.1 cm³/mol. The van der Waals surface area contributed by atoms with Crippen molar-refractivity contribution in [3.05, 3.63) is 0 Å². The highest BCUT2D eigenvalue weighted by Gasteiger charge is 2.23. The Kier molecular flexibility index (Phi) is 6.31.